The van der Waals surface area contributed by atoms with Crippen LogP contribution in [0, 0.1) is 12.3 Å². The zero-order chi connectivity index (χ0) is 45.6. The van der Waals surface area contributed by atoms with Gasteiger partial charge in [-0.15, -0.1) is 0 Å². The van der Waals surface area contributed by atoms with Crippen molar-refractivity contribution in [2.45, 2.75) is 136 Å². The SMILES string of the molecule is Cc1cc(N2CCC(N(CCCCCCC(C)(C)CCOC(C)(C)C(=O)Nc3cccc4c3C(=O)N(C3CCC(=O)NC3=O)C4=O)Cc3cccc(N4CCCC4)c3)CC2)nc(N)n1. The number of anilines is 4. The molecule has 4 aliphatic rings. The quantitative estimate of drug-likeness (QED) is 0.0864. The van der Waals surface area contributed by atoms with E-state index in [1.165, 1.54) is 30.2 Å². The number of imide groups is 2. The number of ether oxygens (including phenoxy) is 1. The minimum Gasteiger partial charge on any atom is -0.372 e. The van der Waals surface area contributed by atoms with Gasteiger partial charge in [0.25, 0.3) is 17.7 Å². The van der Waals surface area contributed by atoms with Crippen molar-refractivity contribution in [1.29, 1.82) is 0 Å². The number of carbonyl (C=O) groups excluding carboxylic acids is 5. The molecule has 2 aromatic carbocycles. The van der Waals surface area contributed by atoms with Crippen LogP contribution in [0.2, 0.25) is 0 Å². The van der Waals surface area contributed by atoms with Gasteiger partial charge >= 0.3 is 0 Å². The molecular weight excluding hydrogens is 811 g/mol. The van der Waals surface area contributed by atoms with E-state index >= 15 is 0 Å². The lowest BCUT2D eigenvalue weighted by molar-refractivity contribution is -0.138. The lowest BCUT2D eigenvalue weighted by Gasteiger charge is -2.39. The predicted octanol–water partition coefficient (Wildman–Crippen LogP) is 6.64. The Balaban J connectivity index is 0.864. The van der Waals surface area contributed by atoms with Crippen LogP contribution in [0.1, 0.15) is 137 Å². The van der Waals surface area contributed by atoms with E-state index in [2.05, 4.69) is 73.4 Å². The average molecular weight is 878 g/mol. The molecule has 4 aliphatic heterocycles. The summed E-state index contributed by atoms with van der Waals surface area (Å²) in [6.45, 7) is 16.4. The zero-order valence-corrected chi connectivity index (χ0v) is 38.4. The second kappa shape index (κ2) is 20.2. The predicted molar refractivity (Wildman–Crippen MR) is 248 cm³/mol. The summed E-state index contributed by atoms with van der Waals surface area (Å²) in [7, 11) is 0. The van der Waals surface area contributed by atoms with Gasteiger partial charge in [0.05, 0.1) is 16.8 Å². The molecule has 1 aromatic heterocycles. The molecule has 7 rings (SSSR count). The van der Waals surface area contributed by atoms with Crippen LogP contribution in [0.25, 0.3) is 0 Å². The summed E-state index contributed by atoms with van der Waals surface area (Å²) >= 11 is 0. The highest BCUT2D eigenvalue weighted by atomic mass is 16.5. The zero-order valence-electron chi connectivity index (χ0n) is 38.4. The van der Waals surface area contributed by atoms with Crippen molar-refractivity contribution in [3.8, 4) is 0 Å². The first-order valence-corrected chi connectivity index (χ1v) is 23.3. The van der Waals surface area contributed by atoms with Gasteiger partial charge in [0.15, 0.2) is 0 Å². The second-order valence-electron chi connectivity index (χ2n) is 19.3. The molecule has 0 saturated carbocycles. The maximum absolute atomic E-state index is 13.6. The van der Waals surface area contributed by atoms with Crippen molar-refractivity contribution in [2.24, 2.45) is 5.41 Å². The maximum Gasteiger partial charge on any atom is 0.264 e. The van der Waals surface area contributed by atoms with Crippen molar-refractivity contribution in [2.75, 3.05) is 60.2 Å². The lowest BCUT2D eigenvalue weighted by atomic mass is 9.84. The molecule has 3 fully saturated rings. The Kier molecular flexibility index (Phi) is 14.7. The summed E-state index contributed by atoms with van der Waals surface area (Å²) < 4.78 is 6.18. The molecule has 1 unspecified atom stereocenters. The highest BCUT2D eigenvalue weighted by Gasteiger charge is 2.46. The first-order chi connectivity index (χ1) is 30.6. The minimum absolute atomic E-state index is 0.00626. The summed E-state index contributed by atoms with van der Waals surface area (Å²) in [5, 5.41) is 5.02. The number of aromatic nitrogens is 2. The number of benzene rings is 2. The molecule has 0 aliphatic carbocycles. The Morgan fingerprint density at radius 2 is 1.61 bits per heavy atom. The van der Waals surface area contributed by atoms with Gasteiger partial charge in [0, 0.05) is 69.2 Å². The van der Waals surface area contributed by atoms with Crippen LogP contribution >= 0.6 is 0 Å². The Bertz CT molecular complexity index is 2180. The van der Waals surface area contributed by atoms with Crippen molar-refractivity contribution in [3.63, 3.8) is 0 Å². The third-order valence-electron chi connectivity index (χ3n) is 13.5. The summed E-state index contributed by atoms with van der Waals surface area (Å²) in [4.78, 5) is 81.9. The number of nitrogens with one attached hydrogen (secondary N) is 2. The van der Waals surface area contributed by atoms with Gasteiger partial charge < -0.3 is 25.6 Å². The van der Waals surface area contributed by atoms with Gasteiger partial charge in [0.1, 0.15) is 17.5 Å². The fourth-order valence-electron chi connectivity index (χ4n) is 9.59. The fourth-order valence-corrected chi connectivity index (χ4v) is 9.59. The second-order valence-corrected chi connectivity index (χ2v) is 19.3. The van der Waals surface area contributed by atoms with E-state index in [0.29, 0.717) is 18.6 Å². The Morgan fingerprint density at radius 1 is 0.875 bits per heavy atom. The largest absolute Gasteiger partial charge is 0.372 e. The molecule has 0 bridgehead atoms. The highest BCUT2D eigenvalue weighted by molar-refractivity contribution is 6.26. The van der Waals surface area contributed by atoms with Gasteiger partial charge in [-0.2, -0.15) is 4.98 Å². The smallest absolute Gasteiger partial charge is 0.264 e. The molecule has 3 aromatic rings. The summed E-state index contributed by atoms with van der Waals surface area (Å²) in [6, 6.07) is 15.2. The summed E-state index contributed by atoms with van der Waals surface area (Å²) in [5.41, 5.74) is 8.69. The molecule has 1 atom stereocenters. The highest BCUT2D eigenvalue weighted by Crippen LogP contribution is 2.34. The van der Waals surface area contributed by atoms with Crippen molar-refractivity contribution in [3.05, 3.63) is 70.9 Å². The number of amides is 5. The van der Waals surface area contributed by atoms with Crippen molar-refractivity contribution >= 4 is 52.7 Å². The number of carbonyl (C=O) groups is 5. The van der Waals surface area contributed by atoms with Crippen molar-refractivity contribution < 1.29 is 28.7 Å². The van der Waals surface area contributed by atoms with Gasteiger partial charge in [-0.05, 0) is 114 Å². The third-order valence-corrected chi connectivity index (χ3v) is 13.5. The molecule has 0 spiro atoms. The molecular formula is C49H67N9O6. The van der Waals surface area contributed by atoms with Crippen molar-refractivity contribution in [1.82, 2.24) is 25.1 Å². The van der Waals surface area contributed by atoms with Gasteiger partial charge in [0.2, 0.25) is 17.8 Å². The number of fused-ring (bicyclic) bond motifs is 1. The van der Waals surface area contributed by atoms with Gasteiger partial charge in [-0.25, -0.2) is 4.98 Å². The standard InChI is InChI=1S/C49H67N9O6/c1-33-30-40(53-47(50)51-33)56-27-20-35(21-28-56)57(32-34-14-12-15-36(31-34)55-24-10-11-25-55)26-9-7-6-8-22-48(2,3)23-29-64-49(4,5)46(63)52-38-17-13-16-37-42(38)45(62)58(44(37)61)39-18-19-41(59)54-43(39)60/h12-17,30-31,35,39H,6-11,18-29,32H2,1-5H3,(H,52,63)(H2,50,51,53)(H,54,59,60). The van der Waals surface area contributed by atoms with Crippen LogP contribution in [0.4, 0.5) is 23.1 Å². The Labute approximate surface area is 377 Å². The maximum atomic E-state index is 13.6. The summed E-state index contributed by atoms with van der Waals surface area (Å²) in [6.07, 6.45) is 11.1. The molecule has 5 heterocycles. The molecule has 64 heavy (non-hydrogen) atoms. The van der Waals surface area contributed by atoms with Crippen LogP contribution in [-0.2, 0) is 25.7 Å². The van der Waals surface area contributed by atoms with E-state index in [1.54, 1.807) is 26.0 Å². The topological polar surface area (TPSA) is 183 Å². The Morgan fingerprint density at radius 3 is 2.34 bits per heavy atom. The number of rotatable bonds is 19. The van der Waals surface area contributed by atoms with Crippen LogP contribution in [0.15, 0.2) is 48.5 Å². The van der Waals surface area contributed by atoms with Gasteiger partial charge in [-0.3, -0.25) is 39.1 Å². The van der Waals surface area contributed by atoms with E-state index in [9.17, 15) is 24.0 Å². The minimum atomic E-state index is -1.23. The first kappa shape index (κ1) is 46.6. The molecule has 344 valence electrons. The fraction of sp³-hybridized carbons (Fsp3) is 0.571. The molecule has 15 nitrogen and oxygen atoms in total. The number of nitrogens with two attached hydrogens (primary N) is 1. The molecule has 15 heteroatoms. The van der Waals surface area contributed by atoms with E-state index in [1.807, 2.05) is 13.0 Å². The number of hydrogen-bond acceptors (Lipinski definition) is 12. The first-order valence-electron chi connectivity index (χ1n) is 23.3. The number of nitrogen functional groups attached to an aromatic ring is 1. The molecule has 4 N–H and O–H groups in total. The lowest BCUT2D eigenvalue weighted by Crippen LogP contribution is -2.54. The molecule has 5 amide bonds. The number of piperidine rings is 2. The monoisotopic (exact) mass is 878 g/mol. The number of unbranched alkanes of at least 4 members (excludes halogenated alkanes) is 3. The average Bonchev–Trinajstić information content (AvgIpc) is 3.88. The normalized spacial score (nSPS) is 18.6. The van der Waals surface area contributed by atoms with Crippen LogP contribution in [0.3, 0.4) is 0 Å². The molecule has 3 saturated heterocycles. The number of nitrogens with zero attached hydrogens (tertiary/aromatic N) is 6. The number of aryl methyl sites for hydroxylation is 1. The van der Waals surface area contributed by atoms with Gasteiger partial charge in [-0.1, -0.05) is 51.3 Å². The Hall–Kier alpha value is -5.41. The van der Waals surface area contributed by atoms with E-state index in [-0.39, 0.29) is 35.1 Å². The molecule has 0 radical (unpaired) electrons. The number of hydrogen-bond donors (Lipinski definition) is 3. The van der Waals surface area contributed by atoms with Crippen LogP contribution in [0.5, 0.6) is 0 Å². The summed E-state index contributed by atoms with van der Waals surface area (Å²) in [5.74, 6) is -1.65. The van der Waals surface area contributed by atoms with Crippen LogP contribution in [-0.4, -0.2) is 106 Å². The van der Waals surface area contributed by atoms with Crippen LogP contribution < -0.4 is 26.2 Å². The third kappa shape index (κ3) is 11.3. The van der Waals surface area contributed by atoms with E-state index in [0.717, 1.165) is 107 Å². The van der Waals surface area contributed by atoms with E-state index in [4.69, 9.17) is 10.5 Å². The van der Waals surface area contributed by atoms with E-state index < -0.39 is 41.2 Å².